The molecule has 0 aromatic heterocycles. The molecule has 0 aliphatic heterocycles. The Kier molecular flexibility index (Phi) is 4.73. The second-order valence-electron chi connectivity index (χ2n) is 5.25. The molecule has 0 aliphatic rings. The van der Waals surface area contributed by atoms with E-state index in [0.717, 1.165) is 10.9 Å². The highest BCUT2D eigenvalue weighted by Gasteiger charge is 2.24. The first kappa shape index (κ1) is 14.5. The summed E-state index contributed by atoms with van der Waals surface area (Å²) in [6, 6.07) is 8.12. The number of carbonyl (C=O) groups excluding carboxylic acids is 1. The SMILES string of the molecule is CCC(c1cccc(OC(=O)NC)c1)[N+](C)(C)C. The van der Waals surface area contributed by atoms with Gasteiger partial charge in [0.2, 0.25) is 0 Å². The van der Waals surface area contributed by atoms with E-state index in [1.165, 1.54) is 5.56 Å². The van der Waals surface area contributed by atoms with Crippen molar-refractivity contribution in [3.05, 3.63) is 29.8 Å². The fourth-order valence-electron chi connectivity index (χ4n) is 2.17. The van der Waals surface area contributed by atoms with Crippen molar-refractivity contribution < 1.29 is 14.0 Å². The van der Waals surface area contributed by atoms with Gasteiger partial charge in [-0.05, 0) is 12.1 Å². The number of nitrogens with one attached hydrogen (secondary N) is 1. The Morgan fingerprint density at radius 3 is 2.56 bits per heavy atom. The van der Waals surface area contributed by atoms with E-state index >= 15 is 0 Å². The number of benzene rings is 1. The zero-order chi connectivity index (χ0) is 13.8. The van der Waals surface area contributed by atoms with Gasteiger partial charge in [-0.1, -0.05) is 19.1 Å². The molecule has 0 bridgehead atoms. The van der Waals surface area contributed by atoms with Crippen LogP contribution in [0.5, 0.6) is 5.75 Å². The van der Waals surface area contributed by atoms with Crippen molar-refractivity contribution >= 4 is 6.09 Å². The number of amides is 1. The van der Waals surface area contributed by atoms with E-state index in [4.69, 9.17) is 4.74 Å². The summed E-state index contributed by atoms with van der Waals surface area (Å²) in [5, 5.41) is 2.44. The second kappa shape index (κ2) is 5.87. The molecule has 1 amide bonds. The Morgan fingerprint density at radius 2 is 2.06 bits per heavy atom. The molecule has 0 spiro atoms. The lowest BCUT2D eigenvalue weighted by atomic mass is 10.0. The summed E-state index contributed by atoms with van der Waals surface area (Å²) < 4.78 is 6.00. The highest BCUT2D eigenvalue weighted by molar-refractivity contribution is 5.69. The fraction of sp³-hybridized carbons (Fsp3) is 0.500. The molecule has 1 N–H and O–H groups in total. The van der Waals surface area contributed by atoms with Gasteiger partial charge in [0.1, 0.15) is 11.8 Å². The Labute approximate surface area is 109 Å². The molecular formula is C14H23N2O2+. The van der Waals surface area contributed by atoms with E-state index in [9.17, 15) is 4.79 Å². The minimum absolute atomic E-state index is 0.387. The monoisotopic (exact) mass is 251 g/mol. The third-order valence-electron chi connectivity index (χ3n) is 2.98. The van der Waals surface area contributed by atoms with E-state index in [-0.39, 0.29) is 0 Å². The Hall–Kier alpha value is -1.55. The van der Waals surface area contributed by atoms with E-state index in [1.807, 2.05) is 12.1 Å². The van der Waals surface area contributed by atoms with Gasteiger partial charge in [0, 0.05) is 19.0 Å². The first-order valence-corrected chi connectivity index (χ1v) is 6.19. The van der Waals surface area contributed by atoms with Crippen molar-refractivity contribution in [1.82, 2.24) is 5.32 Å². The molecule has 0 fully saturated rings. The number of rotatable bonds is 4. The van der Waals surface area contributed by atoms with Gasteiger partial charge in [-0.25, -0.2) is 4.79 Å². The van der Waals surface area contributed by atoms with Gasteiger partial charge in [0.05, 0.1) is 21.1 Å². The van der Waals surface area contributed by atoms with E-state index < -0.39 is 6.09 Å². The van der Waals surface area contributed by atoms with Crippen LogP contribution in [0.4, 0.5) is 4.79 Å². The Balaban J connectivity index is 2.96. The van der Waals surface area contributed by atoms with Crippen molar-refractivity contribution in [2.24, 2.45) is 0 Å². The lowest BCUT2D eigenvalue weighted by molar-refractivity contribution is -0.902. The minimum Gasteiger partial charge on any atom is -0.410 e. The van der Waals surface area contributed by atoms with Gasteiger partial charge >= 0.3 is 6.09 Å². The van der Waals surface area contributed by atoms with Crippen molar-refractivity contribution in [3.8, 4) is 5.75 Å². The highest BCUT2D eigenvalue weighted by atomic mass is 16.5. The lowest BCUT2D eigenvalue weighted by Crippen LogP contribution is -2.38. The summed E-state index contributed by atoms with van der Waals surface area (Å²) in [6.07, 6.45) is 0.595. The van der Waals surface area contributed by atoms with Crippen LogP contribution >= 0.6 is 0 Å². The van der Waals surface area contributed by atoms with Crippen LogP contribution in [0.1, 0.15) is 24.9 Å². The van der Waals surface area contributed by atoms with Crippen molar-refractivity contribution in [2.45, 2.75) is 19.4 Å². The van der Waals surface area contributed by atoms with Gasteiger partial charge in [-0.15, -0.1) is 0 Å². The molecular weight excluding hydrogens is 228 g/mol. The molecule has 0 radical (unpaired) electrons. The van der Waals surface area contributed by atoms with Crippen molar-refractivity contribution in [3.63, 3.8) is 0 Å². The number of ether oxygens (including phenoxy) is 1. The Bertz CT molecular complexity index is 411. The van der Waals surface area contributed by atoms with Crippen LogP contribution < -0.4 is 10.1 Å². The summed E-state index contributed by atoms with van der Waals surface area (Å²) >= 11 is 0. The molecule has 1 unspecified atom stereocenters. The summed E-state index contributed by atoms with van der Waals surface area (Å²) in [6.45, 7) is 2.17. The summed E-state index contributed by atoms with van der Waals surface area (Å²) in [5.41, 5.74) is 1.19. The quantitative estimate of drug-likeness (QED) is 0.835. The average Bonchev–Trinajstić information content (AvgIpc) is 2.28. The third-order valence-corrected chi connectivity index (χ3v) is 2.98. The standard InChI is InChI=1S/C14H22N2O2/c1-6-13(16(3,4)5)11-8-7-9-12(10-11)18-14(17)15-2/h7-10,13H,6H2,1-5H3/p+1. The topological polar surface area (TPSA) is 38.3 Å². The second-order valence-corrected chi connectivity index (χ2v) is 5.25. The number of nitrogens with zero attached hydrogens (tertiary/aromatic N) is 1. The highest BCUT2D eigenvalue weighted by Crippen LogP contribution is 2.28. The summed E-state index contributed by atoms with van der Waals surface area (Å²) in [5.74, 6) is 0.582. The summed E-state index contributed by atoms with van der Waals surface area (Å²) in [4.78, 5) is 11.2. The molecule has 0 aliphatic carbocycles. The smallest absolute Gasteiger partial charge is 0.410 e. The normalized spacial score (nSPS) is 12.9. The molecule has 1 rings (SSSR count). The number of carbonyl (C=O) groups is 1. The van der Waals surface area contributed by atoms with Crippen LogP contribution in [0.3, 0.4) is 0 Å². The predicted molar refractivity (Wildman–Crippen MR) is 72.6 cm³/mol. The molecule has 0 saturated heterocycles. The maximum atomic E-state index is 11.2. The Morgan fingerprint density at radius 1 is 1.39 bits per heavy atom. The molecule has 18 heavy (non-hydrogen) atoms. The van der Waals surface area contributed by atoms with Gasteiger partial charge in [-0.2, -0.15) is 0 Å². The van der Waals surface area contributed by atoms with E-state index in [1.54, 1.807) is 13.1 Å². The number of quaternary nitrogens is 1. The maximum Gasteiger partial charge on any atom is 0.412 e. The summed E-state index contributed by atoms with van der Waals surface area (Å²) in [7, 11) is 8.05. The first-order valence-electron chi connectivity index (χ1n) is 6.19. The molecule has 0 saturated carbocycles. The first-order chi connectivity index (χ1) is 8.38. The number of hydrogen-bond acceptors (Lipinski definition) is 2. The molecule has 1 aromatic rings. The van der Waals surface area contributed by atoms with Crippen LogP contribution in [-0.2, 0) is 0 Å². The molecule has 4 heteroatoms. The largest absolute Gasteiger partial charge is 0.412 e. The van der Waals surface area contributed by atoms with Gasteiger partial charge in [0.25, 0.3) is 0 Å². The number of hydrogen-bond donors (Lipinski definition) is 1. The van der Waals surface area contributed by atoms with E-state index in [0.29, 0.717) is 11.8 Å². The van der Waals surface area contributed by atoms with Crippen LogP contribution in [-0.4, -0.2) is 38.8 Å². The fourth-order valence-corrected chi connectivity index (χ4v) is 2.17. The van der Waals surface area contributed by atoms with Gasteiger partial charge in [-0.3, -0.25) is 0 Å². The molecule has 100 valence electrons. The zero-order valence-electron chi connectivity index (χ0n) is 11.9. The average molecular weight is 251 g/mol. The molecule has 1 aromatic carbocycles. The lowest BCUT2D eigenvalue weighted by Gasteiger charge is -2.34. The molecule has 0 heterocycles. The van der Waals surface area contributed by atoms with Crippen LogP contribution in [0.2, 0.25) is 0 Å². The third kappa shape index (κ3) is 3.74. The predicted octanol–water partition coefficient (Wildman–Crippen LogP) is 2.56. The zero-order valence-corrected chi connectivity index (χ0v) is 11.9. The molecule has 4 nitrogen and oxygen atoms in total. The van der Waals surface area contributed by atoms with Crippen molar-refractivity contribution in [1.29, 1.82) is 0 Å². The van der Waals surface area contributed by atoms with E-state index in [2.05, 4.69) is 39.4 Å². The van der Waals surface area contributed by atoms with Crippen LogP contribution in [0.15, 0.2) is 24.3 Å². The van der Waals surface area contributed by atoms with Gasteiger partial charge in [0.15, 0.2) is 0 Å². The van der Waals surface area contributed by atoms with Crippen LogP contribution in [0.25, 0.3) is 0 Å². The van der Waals surface area contributed by atoms with Gasteiger partial charge < -0.3 is 14.5 Å². The minimum atomic E-state index is -0.439. The maximum absolute atomic E-state index is 11.2. The van der Waals surface area contributed by atoms with Crippen molar-refractivity contribution in [2.75, 3.05) is 28.2 Å². The molecule has 1 atom stereocenters. The van der Waals surface area contributed by atoms with Crippen LogP contribution in [0, 0.1) is 0 Å².